The fourth-order valence-corrected chi connectivity index (χ4v) is 6.01. The third-order valence-electron chi connectivity index (χ3n) is 3.67. The van der Waals surface area contributed by atoms with Crippen LogP contribution in [0.3, 0.4) is 0 Å². The average molecular weight is 494 g/mol. The lowest BCUT2D eigenvalue weighted by Crippen LogP contribution is -2.33. The number of rotatable bonds is 10. The monoisotopic (exact) mass is 494 g/mol. The highest BCUT2D eigenvalue weighted by molar-refractivity contribution is 7.66. The van der Waals surface area contributed by atoms with Crippen LogP contribution in [0, 0.1) is 6.92 Å². The lowest BCUT2D eigenvalue weighted by atomic mass is 10.2. The highest BCUT2D eigenvalue weighted by Gasteiger charge is 2.42. The predicted molar refractivity (Wildman–Crippen MR) is 98.4 cm³/mol. The van der Waals surface area contributed by atoms with Crippen molar-refractivity contribution in [3.8, 4) is 0 Å². The van der Waals surface area contributed by atoms with Gasteiger partial charge in [0.15, 0.2) is 0 Å². The van der Waals surface area contributed by atoms with E-state index in [1.165, 1.54) is 20.0 Å². The van der Waals surface area contributed by atoms with E-state index in [2.05, 4.69) is 22.7 Å². The van der Waals surface area contributed by atoms with E-state index in [1.54, 1.807) is 0 Å². The third-order valence-corrected chi connectivity index (χ3v) is 8.03. The summed E-state index contributed by atoms with van der Waals surface area (Å²) in [6.45, 7) is 1.87. The summed E-state index contributed by atoms with van der Waals surface area (Å²) >= 11 is 0. The van der Waals surface area contributed by atoms with Crippen molar-refractivity contribution in [1.29, 1.82) is 0 Å². The number of nitrogens with one attached hydrogen (secondary N) is 1. The zero-order chi connectivity index (χ0) is 22.7. The second-order valence-electron chi connectivity index (χ2n) is 6.05. The SMILES string of the molecule is CCOP(=O)(O)OP(=O)(O)OP(=O)(O)OC[C@@H]1CC[C@H](n2cc(C)c(=O)[nH]c2=O)O1. The van der Waals surface area contributed by atoms with E-state index >= 15 is 0 Å². The van der Waals surface area contributed by atoms with E-state index in [9.17, 15) is 33.1 Å². The van der Waals surface area contributed by atoms with Crippen molar-refractivity contribution in [2.75, 3.05) is 13.2 Å². The van der Waals surface area contributed by atoms with Crippen LogP contribution in [-0.4, -0.2) is 43.5 Å². The van der Waals surface area contributed by atoms with Crippen LogP contribution in [0.2, 0.25) is 0 Å². The molecule has 18 heteroatoms. The molecule has 0 aliphatic carbocycles. The number of ether oxygens (including phenoxy) is 1. The minimum absolute atomic E-state index is 0.276. The number of aromatic nitrogens is 2. The van der Waals surface area contributed by atoms with E-state index in [0.29, 0.717) is 6.42 Å². The van der Waals surface area contributed by atoms with Gasteiger partial charge in [-0.15, -0.1) is 0 Å². The van der Waals surface area contributed by atoms with Gasteiger partial charge in [-0.3, -0.25) is 23.4 Å². The van der Waals surface area contributed by atoms with E-state index in [1.807, 2.05) is 0 Å². The molecular formula is C12H21N2O13P3. The van der Waals surface area contributed by atoms with Crippen LogP contribution in [0.15, 0.2) is 15.8 Å². The highest BCUT2D eigenvalue weighted by Crippen LogP contribution is 2.67. The normalized spacial score (nSPS) is 25.4. The average Bonchev–Trinajstić information content (AvgIpc) is 3.03. The summed E-state index contributed by atoms with van der Waals surface area (Å²) in [5, 5.41) is 0. The van der Waals surface area contributed by atoms with Gasteiger partial charge < -0.3 is 19.4 Å². The number of hydrogen-bond donors (Lipinski definition) is 4. The van der Waals surface area contributed by atoms with Crippen molar-refractivity contribution in [1.82, 2.24) is 9.55 Å². The Kier molecular flexibility index (Phi) is 8.17. The van der Waals surface area contributed by atoms with Crippen LogP contribution in [0.4, 0.5) is 0 Å². The standard InChI is InChI=1S/C12H21N2O13P3/c1-3-23-28(17,18)26-30(21,22)27-29(19,20)24-7-9-4-5-10(25-9)14-6-8(2)11(15)13-12(14)16/h6,9-10H,3-5,7H2,1-2H3,(H,17,18)(H,19,20)(H,21,22)(H,13,15,16)/t9-,10+/m0/s1. The molecule has 172 valence electrons. The first-order chi connectivity index (χ1) is 13.7. The van der Waals surface area contributed by atoms with E-state index in [4.69, 9.17) is 9.63 Å². The molecule has 1 aromatic rings. The summed E-state index contributed by atoms with van der Waals surface area (Å²) in [6, 6.07) is 0. The molecule has 0 aromatic carbocycles. The summed E-state index contributed by atoms with van der Waals surface area (Å²) in [5.41, 5.74) is -0.965. The molecule has 4 N–H and O–H groups in total. The Balaban J connectivity index is 1.94. The minimum Gasteiger partial charge on any atom is -0.352 e. The lowest BCUT2D eigenvalue weighted by Gasteiger charge is -2.19. The van der Waals surface area contributed by atoms with Crippen molar-refractivity contribution >= 4 is 23.5 Å². The molecule has 2 rings (SSSR count). The van der Waals surface area contributed by atoms with Gasteiger partial charge in [0.05, 0.1) is 19.3 Å². The Morgan fingerprint density at radius 1 is 1.10 bits per heavy atom. The summed E-state index contributed by atoms with van der Waals surface area (Å²) in [4.78, 5) is 53.5. The number of hydrogen-bond acceptors (Lipinski definition) is 10. The molecule has 0 saturated carbocycles. The Morgan fingerprint density at radius 2 is 1.70 bits per heavy atom. The van der Waals surface area contributed by atoms with Gasteiger partial charge in [0.2, 0.25) is 0 Å². The molecule has 1 saturated heterocycles. The Morgan fingerprint density at radius 3 is 2.30 bits per heavy atom. The number of aromatic amines is 1. The highest BCUT2D eigenvalue weighted by atomic mass is 31.3. The predicted octanol–water partition coefficient (Wildman–Crippen LogP) is 0.910. The first kappa shape index (κ1) is 25.3. The van der Waals surface area contributed by atoms with E-state index in [-0.39, 0.29) is 18.6 Å². The molecule has 1 aromatic heterocycles. The van der Waals surface area contributed by atoms with Crippen LogP contribution >= 0.6 is 23.5 Å². The van der Waals surface area contributed by atoms with Gasteiger partial charge in [0, 0.05) is 11.8 Å². The maximum Gasteiger partial charge on any atom is 0.490 e. The van der Waals surface area contributed by atoms with Gasteiger partial charge in [-0.25, -0.2) is 18.5 Å². The second-order valence-corrected chi connectivity index (χ2v) is 10.7. The van der Waals surface area contributed by atoms with Crippen LogP contribution in [0.5, 0.6) is 0 Å². The lowest BCUT2D eigenvalue weighted by molar-refractivity contribution is -0.0244. The quantitative estimate of drug-likeness (QED) is 0.333. The fraction of sp³-hybridized carbons (Fsp3) is 0.667. The van der Waals surface area contributed by atoms with Crippen molar-refractivity contribution in [3.63, 3.8) is 0 Å². The summed E-state index contributed by atoms with van der Waals surface area (Å²) in [7, 11) is -15.7. The molecule has 15 nitrogen and oxygen atoms in total. The number of phosphoric acid groups is 3. The molecule has 30 heavy (non-hydrogen) atoms. The van der Waals surface area contributed by atoms with Crippen LogP contribution < -0.4 is 11.2 Å². The molecular weight excluding hydrogens is 473 g/mol. The molecule has 1 aliphatic heterocycles. The van der Waals surface area contributed by atoms with Crippen LogP contribution in [0.1, 0.15) is 31.6 Å². The summed E-state index contributed by atoms with van der Waals surface area (Å²) in [6.07, 6.45) is 0.308. The van der Waals surface area contributed by atoms with Gasteiger partial charge in [0.1, 0.15) is 6.23 Å². The molecule has 2 heterocycles. The van der Waals surface area contributed by atoms with E-state index < -0.39 is 53.7 Å². The molecule has 0 radical (unpaired) electrons. The Bertz CT molecular complexity index is 1020. The maximum absolute atomic E-state index is 11.9. The molecule has 5 atom stereocenters. The van der Waals surface area contributed by atoms with Crippen molar-refractivity contribution in [2.24, 2.45) is 0 Å². The second kappa shape index (κ2) is 9.68. The van der Waals surface area contributed by atoms with Gasteiger partial charge in [-0.1, -0.05) is 0 Å². The van der Waals surface area contributed by atoms with Gasteiger partial charge in [-0.2, -0.15) is 8.62 Å². The molecule has 0 bridgehead atoms. The maximum atomic E-state index is 11.9. The number of phosphoric ester groups is 2. The van der Waals surface area contributed by atoms with Gasteiger partial charge in [0.25, 0.3) is 5.56 Å². The first-order valence-electron chi connectivity index (χ1n) is 8.41. The molecule has 1 aliphatic rings. The minimum atomic E-state index is -5.50. The molecule has 0 amide bonds. The molecule has 3 unspecified atom stereocenters. The fourth-order valence-electron chi connectivity index (χ4n) is 2.48. The van der Waals surface area contributed by atoms with Crippen molar-refractivity contribution in [2.45, 2.75) is 39.0 Å². The van der Waals surface area contributed by atoms with Crippen molar-refractivity contribution in [3.05, 3.63) is 32.6 Å². The zero-order valence-electron chi connectivity index (χ0n) is 15.8. The molecule has 0 spiro atoms. The summed E-state index contributed by atoms with van der Waals surface area (Å²) < 4.78 is 58.1. The van der Waals surface area contributed by atoms with Gasteiger partial charge in [-0.05, 0) is 26.7 Å². The third kappa shape index (κ3) is 7.33. The number of nitrogens with zero attached hydrogens (tertiary/aromatic N) is 1. The first-order valence-corrected chi connectivity index (χ1v) is 12.9. The topological polar surface area (TPSA) is 213 Å². The largest absolute Gasteiger partial charge is 0.490 e. The van der Waals surface area contributed by atoms with E-state index in [0.717, 1.165) is 4.57 Å². The van der Waals surface area contributed by atoms with Gasteiger partial charge >= 0.3 is 29.2 Å². The van der Waals surface area contributed by atoms with Crippen LogP contribution in [0.25, 0.3) is 0 Å². The zero-order valence-corrected chi connectivity index (χ0v) is 18.5. The summed E-state index contributed by atoms with van der Waals surface area (Å²) in [5.74, 6) is 0. The van der Waals surface area contributed by atoms with Crippen molar-refractivity contribution < 1.29 is 50.8 Å². The Labute approximate surface area is 169 Å². The molecule has 1 fully saturated rings. The van der Waals surface area contributed by atoms with Crippen LogP contribution in [-0.2, 0) is 36.1 Å². The number of aryl methyl sites for hydroxylation is 1. The Hall–Kier alpha value is -0.950. The smallest absolute Gasteiger partial charge is 0.352 e. The number of H-pyrrole nitrogens is 1.